The summed E-state index contributed by atoms with van der Waals surface area (Å²) >= 11 is 1.35. The number of ether oxygens (including phenoxy) is 2. The molecule has 25 heavy (non-hydrogen) atoms. The first-order valence-corrected chi connectivity index (χ1v) is 8.47. The van der Waals surface area contributed by atoms with E-state index in [4.69, 9.17) is 9.47 Å². The van der Waals surface area contributed by atoms with Crippen molar-refractivity contribution in [2.45, 2.75) is 12.3 Å². The lowest BCUT2D eigenvalue weighted by molar-refractivity contribution is 0.0362. The monoisotopic (exact) mass is 357 g/mol. The third-order valence-corrected chi connectivity index (χ3v) is 4.56. The molecule has 0 bridgehead atoms. The Hall–Kier alpha value is -2.68. The van der Waals surface area contributed by atoms with E-state index in [2.05, 4.69) is 15.3 Å². The average molecular weight is 357 g/mol. The van der Waals surface area contributed by atoms with Crippen molar-refractivity contribution in [2.24, 2.45) is 0 Å². The molecule has 2 aromatic heterocycles. The van der Waals surface area contributed by atoms with Gasteiger partial charge in [-0.1, -0.05) is 6.07 Å². The molecule has 8 heteroatoms. The normalized spacial score (nSPS) is 15.0. The van der Waals surface area contributed by atoms with Crippen molar-refractivity contribution in [3.8, 4) is 22.8 Å². The van der Waals surface area contributed by atoms with Gasteiger partial charge in [0, 0.05) is 23.3 Å². The zero-order valence-electron chi connectivity index (χ0n) is 13.0. The average Bonchev–Trinajstić information content (AvgIpc) is 3.30. The summed E-state index contributed by atoms with van der Waals surface area (Å²) in [5.41, 5.74) is 2.24. The fourth-order valence-corrected chi connectivity index (χ4v) is 3.23. The van der Waals surface area contributed by atoms with Gasteiger partial charge in [0.2, 0.25) is 6.79 Å². The second kappa shape index (κ2) is 6.67. The van der Waals surface area contributed by atoms with E-state index >= 15 is 0 Å². The Morgan fingerprint density at radius 3 is 2.72 bits per heavy atom. The Morgan fingerprint density at radius 1 is 1.08 bits per heavy atom. The van der Waals surface area contributed by atoms with Gasteiger partial charge in [-0.3, -0.25) is 4.98 Å². The van der Waals surface area contributed by atoms with Crippen LogP contribution in [-0.2, 0) is 0 Å². The number of hydrogen-bond acceptors (Lipinski definition) is 8. The van der Waals surface area contributed by atoms with Gasteiger partial charge in [0.1, 0.15) is 6.10 Å². The Bertz CT molecular complexity index is 871. The molecule has 2 unspecified atom stereocenters. The maximum absolute atomic E-state index is 10.4. The van der Waals surface area contributed by atoms with E-state index in [1.807, 2.05) is 17.5 Å². The topological polar surface area (TPSA) is 96.7 Å². The first kappa shape index (κ1) is 15.8. The van der Waals surface area contributed by atoms with Crippen LogP contribution in [0.25, 0.3) is 11.3 Å². The molecule has 2 atom stereocenters. The zero-order valence-corrected chi connectivity index (χ0v) is 13.8. The van der Waals surface area contributed by atoms with Gasteiger partial charge in [-0.15, -0.1) is 11.3 Å². The van der Waals surface area contributed by atoms with Crippen molar-refractivity contribution in [3.63, 3.8) is 0 Å². The molecule has 128 valence electrons. The van der Waals surface area contributed by atoms with Gasteiger partial charge in [0.25, 0.3) is 0 Å². The number of nitrogens with one attached hydrogen (secondary N) is 1. The van der Waals surface area contributed by atoms with Gasteiger partial charge in [-0.25, -0.2) is 4.98 Å². The second-order valence-corrected chi connectivity index (χ2v) is 6.28. The van der Waals surface area contributed by atoms with E-state index in [1.165, 1.54) is 11.3 Å². The Morgan fingerprint density at radius 2 is 1.88 bits per heavy atom. The van der Waals surface area contributed by atoms with Crippen LogP contribution in [0.15, 0.2) is 48.1 Å². The van der Waals surface area contributed by atoms with Gasteiger partial charge >= 0.3 is 0 Å². The van der Waals surface area contributed by atoms with Crippen molar-refractivity contribution in [2.75, 3.05) is 12.1 Å². The summed E-state index contributed by atoms with van der Waals surface area (Å²) in [4.78, 5) is 8.39. The largest absolute Gasteiger partial charge is 0.454 e. The molecule has 0 spiro atoms. The minimum Gasteiger partial charge on any atom is -0.454 e. The smallest absolute Gasteiger partial charge is 0.231 e. The second-order valence-electron chi connectivity index (χ2n) is 5.42. The molecule has 3 heterocycles. The van der Waals surface area contributed by atoms with Crippen LogP contribution in [-0.4, -0.2) is 33.2 Å². The van der Waals surface area contributed by atoms with Crippen LogP contribution in [0.1, 0.15) is 11.7 Å². The van der Waals surface area contributed by atoms with Crippen molar-refractivity contribution in [3.05, 3.63) is 53.7 Å². The molecule has 4 rings (SSSR count). The predicted octanol–water partition coefficient (Wildman–Crippen LogP) is 2.40. The molecule has 0 saturated heterocycles. The molecule has 1 aliphatic heterocycles. The van der Waals surface area contributed by atoms with E-state index in [0.29, 0.717) is 22.2 Å². The zero-order chi connectivity index (χ0) is 17.2. The molecular weight excluding hydrogens is 342 g/mol. The van der Waals surface area contributed by atoms with Crippen LogP contribution in [0.2, 0.25) is 0 Å². The summed E-state index contributed by atoms with van der Waals surface area (Å²) in [6.07, 6.45) is 1.04. The van der Waals surface area contributed by atoms with Crippen LogP contribution in [0, 0.1) is 0 Å². The first-order valence-electron chi connectivity index (χ1n) is 7.59. The van der Waals surface area contributed by atoms with Gasteiger partial charge < -0.3 is 25.0 Å². The molecule has 3 aromatic rings. The predicted molar refractivity (Wildman–Crippen MR) is 92.5 cm³/mol. The number of nitrogens with zero attached hydrogens (tertiary/aromatic N) is 2. The highest BCUT2D eigenvalue weighted by molar-refractivity contribution is 7.14. The number of benzene rings is 1. The highest BCUT2D eigenvalue weighted by atomic mass is 32.1. The number of rotatable bonds is 5. The number of aromatic nitrogens is 2. The van der Waals surface area contributed by atoms with Crippen molar-refractivity contribution in [1.82, 2.24) is 9.97 Å². The van der Waals surface area contributed by atoms with Crippen molar-refractivity contribution >= 4 is 16.5 Å². The highest BCUT2D eigenvalue weighted by Crippen LogP contribution is 2.35. The summed E-state index contributed by atoms with van der Waals surface area (Å²) in [5.74, 6) is 1.18. The summed E-state index contributed by atoms with van der Waals surface area (Å²) in [6.45, 7) is 0.159. The third-order valence-electron chi connectivity index (χ3n) is 3.79. The minimum absolute atomic E-state index is 0.159. The molecule has 0 fully saturated rings. The number of aliphatic hydroxyl groups is 2. The number of aliphatic hydroxyl groups excluding tert-OH is 2. The molecule has 1 aliphatic rings. The van der Waals surface area contributed by atoms with E-state index in [-0.39, 0.29) is 6.79 Å². The molecule has 7 nitrogen and oxygen atoms in total. The fourth-order valence-electron chi connectivity index (χ4n) is 2.48. The molecule has 3 N–H and O–H groups in total. The molecule has 0 aliphatic carbocycles. The fraction of sp³-hybridized carbons (Fsp3) is 0.176. The number of thiazole rings is 1. The molecule has 0 saturated carbocycles. The van der Waals surface area contributed by atoms with Gasteiger partial charge in [-0.05, 0) is 29.8 Å². The van der Waals surface area contributed by atoms with E-state index in [1.54, 1.807) is 30.6 Å². The number of anilines is 1. The van der Waals surface area contributed by atoms with E-state index in [0.717, 1.165) is 11.3 Å². The standard InChI is InChI=1S/C17H15N3O4S/c21-15(11-1-2-13-14(7-11)24-9-23-13)16(22)20-17-19-12(8-25-17)10-3-5-18-6-4-10/h1-8,15-16,21-22H,9H2,(H,19,20). The number of pyridine rings is 1. The lowest BCUT2D eigenvalue weighted by Gasteiger charge is -2.19. The number of fused-ring (bicyclic) bond motifs is 1. The van der Waals surface area contributed by atoms with Crippen LogP contribution < -0.4 is 14.8 Å². The minimum atomic E-state index is -1.21. The molecular formula is C17H15N3O4S. The summed E-state index contributed by atoms with van der Waals surface area (Å²) in [5, 5.41) is 25.9. The summed E-state index contributed by atoms with van der Waals surface area (Å²) < 4.78 is 10.5. The van der Waals surface area contributed by atoms with Gasteiger partial charge in [0.15, 0.2) is 22.9 Å². The first-order chi connectivity index (χ1) is 12.2. The van der Waals surface area contributed by atoms with Crippen molar-refractivity contribution in [1.29, 1.82) is 0 Å². The van der Waals surface area contributed by atoms with Gasteiger partial charge in [-0.2, -0.15) is 0 Å². The van der Waals surface area contributed by atoms with Crippen LogP contribution >= 0.6 is 11.3 Å². The van der Waals surface area contributed by atoms with E-state index in [9.17, 15) is 10.2 Å². The Labute approximate surface area is 147 Å². The highest BCUT2D eigenvalue weighted by Gasteiger charge is 2.22. The Kier molecular flexibility index (Phi) is 4.22. The quantitative estimate of drug-likeness (QED) is 0.603. The SMILES string of the molecule is OC(Nc1nc(-c2ccncc2)cs1)C(O)c1ccc2c(c1)OCO2. The van der Waals surface area contributed by atoms with Crippen LogP contribution in [0.3, 0.4) is 0 Å². The third kappa shape index (κ3) is 3.27. The number of hydrogen-bond donors (Lipinski definition) is 3. The lowest BCUT2D eigenvalue weighted by atomic mass is 10.1. The van der Waals surface area contributed by atoms with Crippen molar-refractivity contribution < 1.29 is 19.7 Å². The summed E-state index contributed by atoms with van der Waals surface area (Å²) in [7, 11) is 0. The molecule has 0 amide bonds. The van der Waals surface area contributed by atoms with E-state index < -0.39 is 12.3 Å². The van der Waals surface area contributed by atoms with Gasteiger partial charge in [0.05, 0.1) is 5.69 Å². The van der Waals surface area contributed by atoms with Crippen LogP contribution in [0.5, 0.6) is 11.5 Å². The molecule has 0 radical (unpaired) electrons. The molecule has 1 aromatic carbocycles. The lowest BCUT2D eigenvalue weighted by Crippen LogP contribution is -2.26. The van der Waals surface area contributed by atoms with Crippen LogP contribution in [0.4, 0.5) is 5.13 Å². The Balaban J connectivity index is 1.46. The summed E-state index contributed by atoms with van der Waals surface area (Å²) in [6, 6.07) is 8.77. The maximum atomic E-state index is 10.4. The maximum Gasteiger partial charge on any atom is 0.231 e.